The number of hydrogen-bond donors (Lipinski definition) is 4. The SMILES string of the molecule is Nc1ncnc2c1ncn2[C@@H]1O[C@H](CO[Se](=O)[P+](=O)[O-])[C@@H](OP(=O)(O)O)[C@H]1O. The second kappa shape index (κ2) is 8.22. The molecule has 154 valence electrons. The molecule has 0 amide bonds. The molecular weight excluding hydrogens is 491 g/mol. The van der Waals surface area contributed by atoms with E-state index in [-0.39, 0.29) is 17.0 Å². The van der Waals surface area contributed by atoms with E-state index in [0.29, 0.717) is 0 Å². The topological polar surface area (TPSA) is 232 Å². The van der Waals surface area contributed by atoms with E-state index in [1.807, 2.05) is 0 Å². The maximum atomic E-state index is 11.3. The summed E-state index contributed by atoms with van der Waals surface area (Å²) in [5.74, 6) is 0.0537. The Kier molecular flexibility index (Phi) is 6.29. The van der Waals surface area contributed by atoms with Gasteiger partial charge in [-0.25, -0.2) is 0 Å². The van der Waals surface area contributed by atoms with Gasteiger partial charge in [0.2, 0.25) is 0 Å². The molecule has 2 aromatic heterocycles. The van der Waals surface area contributed by atoms with Crippen LogP contribution in [-0.4, -0.2) is 73.1 Å². The molecule has 0 bridgehead atoms. The molecule has 1 saturated heterocycles. The molecule has 3 heterocycles. The monoisotopic (exact) mass is 505 g/mol. The fourth-order valence-electron chi connectivity index (χ4n) is 2.60. The standard InChI is InChI=1S/C10H13N5O10P2Se/c11-8-5-9(13-2-12-8)15(3-14-5)10-6(16)7(25-27(19,20)21)4(24-10)1-23-28(22)26(17)18/h2-4,6-7,10,16H,1H2,(H2,11,12,13)(H2,19,20,21)/t4-,6-,7-,10-,28?/m1/s1. The van der Waals surface area contributed by atoms with Gasteiger partial charge in [0, 0.05) is 0 Å². The van der Waals surface area contributed by atoms with Gasteiger partial charge in [-0.2, -0.15) is 0 Å². The molecule has 0 saturated carbocycles. The second-order valence-electron chi connectivity index (χ2n) is 5.42. The first-order valence-electron chi connectivity index (χ1n) is 7.28. The van der Waals surface area contributed by atoms with Crippen molar-refractivity contribution in [2.75, 3.05) is 12.3 Å². The van der Waals surface area contributed by atoms with Crippen LogP contribution in [0.3, 0.4) is 0 Å². The molecular formula is C10H13N5O10P2Se. The van der Waals surface area contributed by atoms with Crippen LogP contribution in [0.15, 0.2) is 12.7 Å². The molecule has 5 N–H and O–H groups in total. The van der Waals surface area contributed by atoms with Gasteiger partial charge in [-0.15, -0.1) is 0 Å². The molecule has 0 spiro atoms. The van der Waals surface area contributed by atoms with Crippen molar-refractivity contribution in [3.05, 3.63) is 12.7 Å². The van der Waals surface area contributed by atoms with Gasteiger partial charge in [-0.1, -0.05) is 0 Å². The van der Waals surface area contributed by atoms with Crippen LogP contribution >= 0.6 is 14.5 Å². The minimum atomic E-state index is -5.07. The Balaban J connectivity index is 1.90. The average molecular weight is 504 g/mol. The van der Waals surface area contributed by atoms with Crippen LogP contribution in [0.25, 0.3) is 11.2 Å². The molecule has 2 aromatic rings. The maximum absolute atomic E-state index is 11.3. The summed E-state index contributed by atoms with van der Waals surface area (Å²) < 4.78 is 49.2. The molecule has 1 aliphatic heterocycles. The van der Waals surface area contributed by atoms with Crippen molar-refractivity contribution in [2.24, 2.45) is 0 Å². The number of anilines is 1. The van der Waals surface area contributed by atoms with Crippen molar-refractivity contribution in [1.82, 2.24) is 19.5 Å². The Hall–Kier alpha value is -1.28. The van der Waals surface area contributed by atoms with Crippen LogP contribution in [0.4, 0.5) is 5.82 Å². The number of nitrogen functional groups attached to an aromatic ring is 1. The molecule has 3 rings (SSSR count). The zero-order valence-corrected chi connectivity index (χ0v) is 17.0. The van der Waals surface area contributed by atoms with E-state index in [1.54, 1.807) is 0 Å². The van der Waals surface area contributed by atoms with E-state index >= 15 is 0 Å². The van der Waals surface area contributed by atoms with Gasteiger partial charge >= 0.3 is 160 Å². The van der Waals surface area contributed by atoms with Gasteiger partial charge in [0.25, 0.3) is 0 Å². The first-order valence-corrected chi connectivity index (χ1v) is 13.6. The predicted octanol–water partition coefficient (Wildman–Crippen LogP) is -2.32. The molecule has 0 aliphatic carbocycles. The number of aliphatic hydroxyl groups is 1. The first-order chi connectivity index (χ1) is 13.1. The number of rotatable bonds is 7. The average Bonchev–Trinajstić information content (AvgIpc) is 3.15. The molecule has 0 radical (unpaired) electrons. The Morgan fingerprint density at radius 3 is 2.79 bits per heavy atom. The van der Waals surface area contributed by atoms with E-state index in [9.17, 15) is 23.0 Å². The number of nitrogens with zero attached hydrogens (tertiary/aromatic N) is 4. The van der Waals surface area contributed by atoms with Gasteiger partial charge in [0.05, 0.1) is 0 Å². The number of imidazole rings is 1. The van der Waals surface area contributed by atoms with Crippen molar-refractivity contribution in [3.63, 3.8) is 0 Å². The molecule has 6 atom stereocenters. The van der Waals surface area contributed by atoms with Crippen molar-refractivity contribution in [3.8, 4) is 0 Å². The molecule has 2 unspecified atom stereocenters. The molecule has 18 heteroatoms. The Morgan fingerprint density at radius 1 is 1.43 bits per heavy atom. The van der Waals surface area contributed by atoms with Crippen LogP contribution in [-0.2, 0) is 26.0 Å². The summed E-state index contributed by atoms with van der Waals surface area (Å²) in [5.41, 5.74) is 6.04. The second-order valence-corrected chi connectivity index (χ2v) is 11.9. The Morgan fingerprint density at radius 2 is 2.14 bits per heavy atom. The van der Waals surface area contributed by atoms with Crippen LogP contribution < -0.4 is 10.6 Å². The summed E-state index contributed by atoms with van der Waals surface area (Å²) in [6.45, 7) is -3.99. The summed E-state index contributed by atoms with van der Waals surface area (Å²) in [6, 6.07) is 0. The summed E-state index contributed by atoms with van der Waals surface area (Å²) in [7, 11) is -5.07. The normalized spacial score (nSPS) is 27.2. The van der Waals surface area contributed by atoms with Crippen LogP contribution in [0.2, 0.25) is 0 Å². The van der Waals surface area contributed by atoms with Gasteiger partial charge < -0.3 is 0 Å². The fraction of sp³-hybridized carbons (Fsp3) is 0.500. The van der Waals surface area contributed by atoms with Gasteiger partial charge in [0.15, 0.2) is 0 Å². The summed E-state index contributed by atoms with van der Waals surface area (Å²) >= 11 is -3.69. The Bertz CT molecular complexity index is 967. The number of phosphoric ester groups is 1. The number of nitrogens with two attached hydrogens (primary N) is 1. The van der Waals surface area contributed by atoms with E-state index in [0.717, 1.165) is 6.33 Å². The minimum absolute atomic E-state index is 0.0537. The van der Waals surface area contributed by atoms with Crippen LogP contribution in [0.5, 0.6) is 0 Å². The van der Waals surface area contributed by atoms with Crippen molar-refractivity contribution in [1.29, 1.82) is 0 Å². The fourth-order valence-corrected chi connectivity index (χ4v) is 4.64. The summed E-state index contributed by atoms with van der Waals surface area (Å²) in [5, 5.41) is 10.5. The predicted molar refractivity (Wildman–Crippen MR) is 86.6 cm³/mol. The van der Waals surface area contributed by atoms with Gasteiger partial charge in [-0.3, -0.25) is 0 Å². The third kappa shape index (κ3) is 4.48. The zero-order valence-electron chi connectivity index (χ0n) is 13.5. The number of hydrogen-bond acceptors (Lipinski definition) is 12. The third-order valence-electron chi connectivity index (χ3n) is 3.68. The molecule has 15 nitrogen and oxygen atoms in total. The van der Waals surface area contributed by atoms with E-state index in [1.165, 1.54) is 10.9 Å². The van der Waals surface area contributed by atoms with Gasteiger partial charge in [-0.05, 0) is 0 Å². The molecule has 1 fully saturated rings. The number of aromatic nitrogens is 4. The number of aliphatic hydroxyl groups excluding tert-OH is 1. The molecule has 0 aromatic carbocycles. The molecule has 28 heavy (non-hydrogen) atoms. The van der Waals surface area contributed by atoms with Gasteiger partial charge in [0.1, 0.15) is 0 Å². The van der Waals surface area contributed by atoms with Crippen molar-refractivity contribution >= 4 is 45.2 Å². The first kappa shape index (κ1) is 21.4. The molecule has 1 aliphatic rings. The number of fused-ring (bicyclic) bond motifs is 1. The summed E-state index contributed by atoms with van der Waals surface area (Å²) in [6.07, 6.45) is -3.60. The Labute approximate surface area is 160 Å². The number of ether oxygens (including phenoxy) is 1. The van der Waals surface area contributed by atoms with Crippen LogP contribution in [0.1, 0.15) is 6.23 Å². The van der Waals surface area contributed by atoms with E-state index in [4.69, 9.17) is 20.3 Å². The van der Waals surface area contributed by atoms with Crippen LogP contribution in [0, 0.1) is 0 Å². The quantitative estimate of drug-likeness (QED) is 0.229. The van der Waals surface area contributed by atoms with Crippen molar-refractivity contribution in [2.45, 2.75) is 24.5 Å². The van der Waals surface area contributed by atoms with Crippen molar-refractivity contribution < 1.29 is 45.8 Å². The summed E-state index contributed by atoms with van der Waals surface area (Å²) in [4.78, 5) is 40.6. The zero-order chi connectivity index (χ0) is 20.6. The third-order valence-corrected chi connectivity index (χ3v) is 7.23. The number of phosphoric acid groups is 1. The van der Waals surface area contributed by atoms with E-state index < -0.39 is 59.4 Å². The van der Waals surface area contributed by atoms with E-state index in [2.05, 4.69) is 23.3 Å².